The standard InChI is InChI=1S/C27H33N3OS/c1-7-20-13-21(8-2)15-22(14-20)10-11-24-26(19(5)28-24)27(32)29(6)23-12-18(4)16-30(17-23)25(31)9-3/h9,13-15,18,23,28H,3,5,7-8,12,16-17H2,1-2,4,6H3. The Balaban J connectivity index is 1.82. The number of carbonyl (C=O) groups excluding carboxylic acids is 1. The van der Waals surface area contributed by atoms with Crippen LogP contribution in [0.1, 0.15) is 43.9 Å². The van der Waals surface area contributed by atoms with Crippen LogP contribution in [-0.4, -0.2) is 46.9 Å². The van der Waals surface area contributed by atoms with Gasteiger partial charge in [-0.05, 0) is 60.4 Å². The summed E-state index contributed by atoms with van der Waals surface area (Å²) < 4.78 is 0. The number of rotatable bonds is 5. The van der Waals surface area contributed by atoms with Gasteiger partial charge in [0.15, 0.2) is 0 Å². The second-order valence-electron chi connectivity index (χ2n) is 8.71. The summed E-state index contributed by atoms with van der Waals surface area (Å²) >= 11 is 5.84. The molecule has 0 spiro atoms. The molecule has 168 valence electrons. The third kappa shape index (κ3) is 5.14. The van der Waals surface area contributed by atoms with E-state index in [2.05, 4.69) is 74.2 Å². The summed E-state index contributed by atoms with van der Waals surface area (Å²) in [5, 5.41) is 3.22. The van der Waals surface area contributed by atoms with Crippen molar-refractivity contribution in [2.45, 2.75) is 46.1 Å². The molecule has 0 aliphatic carbocycles. The second-order valence-corrected chi connectivity index (χ2v) is 9.09. The fraction of sp³-hybridized carbons (Fsp3) is 0.407. The number of hydrogen-bond donors (Lipinski definition) is 1. The van der Waals surface area contributed by atoms with Gasteiger partial charge in [-0.15, -0.1) is 0 Å². The number of amides is 1. The van der Waals surface area contributed by atoms with Gasteiger partial charge in [0, 0.05) is 37.4 Å². The largest absolute Gasteiger partial charge is 0.360 e. The van der Waals surface area contributed by atoms with Crippen LogP contribution in [0, 0.1) is 17.8 Å². The summed E-state index contributed by atoms with van der Waals surface area (Å²) in [5.74, 6) is 6.95. The predicted molar refractivity (Wildman–Crippen MR) is 136 cm³/mol. The van der Waals surface area contributed by atoms with Crippen LogP contribution < -0.4 is 5.32 Å². The van der Waals surface area contributed by atoms with Crippen molar-refractivity contribution in [3.8, 4) is 11.8 Å². The third-order valence-corrected chi connectivity index (χ3v) is 6.73. The molecule has 1 fully saturated rings. The molecule has 1 N–H and O–H groups in total. The fourth-order valence-corrected chi connectivity index (χ4v) is 4.70. The van der Waals surface area contributed by atoms with Gasteiger partial charge in [0.2, 0.25) is 5.91 Å². The van der Waals surface area contributed by atoms with Gasteiger partial charge in [0.1, 0.15) is 10.7 Å². The van der Waals surface area contributed by atoms with E-state index in [0.29, 0.717) is 12.5 Å². The maximum absolute atomic E-state index is 12.2. The Morgan fingerprint density at radius 1 is 1.25 bits per heavy atom. The smallest absolute Gasteiger partial charge is 0.246 e. The quantitative estimate of drug-likeness (QED) is 0.417. The summed E-state index contributed by atoms with van der Waals surface area (Å²) in [7, 11) is 2.00. The van der Waals surface area contributed by atoms with E-state index in [1.807, 2.05) is 11.9 Å². The zero-order valence-corrected chi connectivity index (χ0v) is 20.4. The van der Waals surface area contributed by atoms with Gasteiger partial charge < -0.3 is 15.1 Å². The number of carbonyl (C=O) groups is 1. The molecule has 2 unspecified atom stereocenters. The molecule has 0 radical (unpaired) electrons. The van der Waals surface area contributed by atoms with Crippen molar-refractivity contribution in [2.24, 2.45) is 5.92 Å². The average Bonchev–Trinajstić information content (AvgIpc) is 2.79. The predicted octanol–water partition coefficient (Wildman–Crippen LogP) is 4.22. The van der Waals surface area contributed by atoms with Crippen molar-refractivity contribution in [3.05, 3.63) is 71.1 Å². The first kappa shape index (κ1) is 23.8. The fourth-order valence-electron chi connectivity index (χ4n) is 4.32. The maximum atomic E-state index is 12.2. The Kier molecular flexibility index (Phi) is 7.58. The van der Waals surface area contributed by atoms with Crippen molar-refractivity contribution < 1.29 is 4.79 Å². The molecule has 1 aromatic rings. The van der Waals surface area contributed by atoms with Crippen molar-refractivity contribution >= 4 is 23.1 Å². The highest BCUT2D eigenvalue weighted by atomic mass is 32.1. The molecule has 0 aromatic heterocycles. The molecule has 1 saturated heterocycles. The van der Waals surface area contributed by atoms with Gasteiger partial charge in [-0.2, -0.15) is 0 Å². The van der Waals surface area contributed by atoms with Crippen LogP contribution in [0.15, 0.2) is 54.4 Å². The van der Waals surface area contributed by atoms with Crippen LogP contribution in [0.25, 0.3) is 0 Å². The van der Waals surface area contributed by atoms with Gasteiger partial charge in [-0.1, -0.05) is 58.1 Å². The number of allylic oxidation sites excluding steroid dienone is 1. The molecule has 1 amide bonds. The van der Waals surface area contributed by atoms with Gasteiger partial charge >= 0.3 is 0 Å². The zero-order chi connectivity index (χ0) is 23.4. The van der Waals surface area contributed by atoms with E-state index in [9.17, 15) is 4.79 Å². The first-order valence-electron chi connectivity index (χ1n) is 11.3. The molecule has 0 saturated carbocycles. The minimum Gasteiger partial charge on any atom is -0.360 e. The van der Waals surface area contributed by atoms with Crippen LogP contribution in [0.2, 0.25) is 0 Å². The van der Waals surface area contributed by atoms with Crippen molar-refractivity contribution in [1.29, 1.82) is 0 Å². The summed E-state index contributed by atoms with van der Waals surface area (Å²) in [4.78, 5) is 16.9. The molecule has 2 aliphatic heterocycles. The molecule has 2 atom stereocenters. The van der Waals surface area contributed by atoms with E-state index < -0.39 is 0 Å². The summed E-state index contributed by atoms with van der Waals surface area (Å²) in [6.07, 6.45) is 4.35. The highest BCUT2D eigenvalue weighted by molar-refractivity contribution is 7.80. The Labute approximate surface area is 198 Å². The SMILES string of the molecule is C=CC(=O)N1CC(C)CC(N(C)C(=S)C2=C(C#Cc3cc(CC)cc(CC)c3)NC2=C)C1. The number of hydrogen-bond acceptors (Lipinski definition) is 3. The lowest BCUT2D eigenvalue weighted by Crippen LogP contribution is -2.53. The molecule has 2 heterocycles. The highest BCUT2D eigenvalue weighted by Gasteiger charge is 2.33. The van der Waals surface area contributed by atoms with E-state index >= 15 is 0 Å². The number of piperidine rings is 1. The average molecular weight is 448 g/mol. The normalized spacial score (nSPS) is 20.0. The first-order chi connectivity index (χ1) is 15.3. The molecule has 5 heteroatoms. The number of likely N-dealkylation sites (tertiary alicyclic amines) is 1. The zero-order valence-electron chi connectivity index (χ0n) is 19.6. The Morgan fingerprint density at radius 2 is 1.91 bits per heavy atom. The topological polar surface area (TPSA) is 35.6 Å². The van der Waals surface area contributed by atoms with Crippen LogP contribution in [0.4, 0.5) is 0 Å². The third-order valence-electron chi connectivity index (χ3n) is 6.23. The lowest BCUT2D eigenvalue weighted by molar-refractivity contribution is -0.128. The Bertz CT molecular complexity index is 1020. The van der Waals surface area contributed by atoms with E-state index in [1.54, 1.807) is 0 Å². The number of nitrogens with zero attached hydrogens (tertiary/aromatic N) is 2. The van der Waals surface area contributed by atoms with Crippen LogP contribution >= 0.6 is 12.2 Å². The molecule has 3 rings (SSSR count). The van der Waals surface area contributed by atoms with Gasteiger partial charge in [0.05, 0.1) is 5.57 Å². The number of nitrogens with one attached hydrogen (secondary N) is 1. The van der Waals surface area contributed by atoms with Gasteiger partial charge in [0.25, 0.3) is 0 Å². The summed E-state index contributed by atoms with van der Waals surface area (Å²) in [6.45, 7) is 15.6. The molecule has 1 aromatic carbocycles. The molecule has 2 aliphatic rings. The summed E-state index contributed by atoms with van der Waals surface area (Å²) in [5.41, 5.74) is 6.13. The summed E-state index contributed by atoms with van der Waals surface area (Å²) in [6, 6.07) is 6.70. The van der Waals surface area contributed by atoms with Crippen LogP contribution in [0.3, 0.4) is 0 Å². The molecular weight excluding hydrogens is 414 g/mol. The van der Waals surface area contributed by atoms with Crippen molar-refractivity contribution in [1.82, 2.24) is 15.1 Å². The Morgan fingerprint density at radius 3 is 2.47 bits per heavy atom. The number of benzene rings is 1. The lowest BCUT2D eigenvalue weighted by atomic mass is 9.93. The lowest BCUT2D eigenvalue weighted by Gasteiger charge is -2.42. The molecule has 0 bridgehead atoms. The minimum atomic E-state index is -0.0258. The van der Waals surface area contributed by atoms with Crippen molar-refractivity contribution in [2.75, 3.05) is 20.1 Å². The van der Waals surface area contributed by atoms with E-state index in [-0.39, 0.29) is 11.9 Å². The van der Waals surface area contributed by atoms with Crippen LogP contribution in [-0.2, 0) is 17.6 Å². The Hall–Kier alpha value is -2.84. The van der Waals surface area contributed by atoms with E-state index in [4.69, 9.17) is 12.2 Å². The van der Waals surface area contributed by atoms with E-state index in [1.165, 1.54) is 17.2 Å². The molecular formula is C27H33N3OS. The van der Waals surface area contributed by atoms with E-state index in [0.717, 1.165) is 53.3 Å². The number of aryl methyl sites for hydroxylation is 2. The van der Waals surface area contributed by atoms with Gasteiger partial charge in [-0.3, -0.25) is 4.79 Å². The van der Waals surface area contributed by atoms with Gasteiger partial charge in [-0.25, -0.2) is 0 Å². The highest BCUT2D eigenvalue weighted by Crippen LogP contribution is 2.28. The number of thiocarbonyl (C=S) groups is 1. The molecule has 32 heavy (non-hydrogen) atoms. The van der Waals surface area contributed by atoms with Crippen molar-refractivity contribution in [3.63, 3.8) is 0 Å². The van der Waals surface area contributed by atoms with Crippen LogP contribution in [0.5, 0.6) is 0 Å². The molecule has 4 nitrogen and oxygen atoms in total. The number of likely N-dealkylation sites (N-methyl/N-ethyl adjacent to an activating group) is 1. The maximum Gasteiger partial charge on any atom is 0.246 e. The minimum absolute atomic E-state index is 0.0258. The monoisotopic (exact) mass is 447 g/mol. The first-order valence-corrected chi connectivity index (χ1v) is 11.7. The second kappa shape index (κ2) is 10.2.